The fourth-order valence-corrected chi connectivity index (χ4v) is 2.46. The molecule has 1 aromatic carbocycles. The highest BCUT2D eigenvalue weighted by atomic mass is 79.9. The zero-order valence-electron chi connectivity index (χ0n) is 14.1. The number of aromatic nitrogens is 1. The van der Waals surface area contributed by atoms with Crippen LogP contribution in [-0.2, 0) is 11.3 Å². The monoisotopic (exact) mass is 404 g/mol. The largest absolute Gasteiger partial charge is 0.481 e. The molecule has 1 amide bonds. The van der Waals surface area contributed by atoms with Gasteiger partial charge in [-0.25, -0.2) is 4.98 Å². The van der Waals surface area contributed by atoms with Crippen molar-refractivity contribution in [2.24, 2.45) is 5.92 Å². The Hall–Kier alpha value is -2.08. The third kappa shape index (κ3) is 5.74. The Morgan fingerprint density at radius 2 is 2.04 bits per heavy atom. The number of amides is 1. The summed E-state index contributed by atoms with van der Waals surface area (Å²) in [7, 11) is 0. The topological polar surface area (TPSA) is 60.5 Å². The number of hydrogen-bond acceptors (Lipinski definition) is 4. The standard InChI is InChI=1S/C19H21BrN2O3/c1-13(25-17-7-5-16(20)6-8-17)19(23)22-11-15-4-9-18(21-10-15)24-12-14-2-3-14/h4-10,13-14H,2-3,11-12H2,1H3,(H,22,23). The van der Waals surface area contributed by atoms with E-state index in [-0.39, 0.29) is 5.91 Å². The van der Waals surface area contributed by atoms with Crippen LogP contribution in [0.2, 0.25) is 0 Å². The smallest absolute Gasteiger partial charge is 0.261 e. The molecular weight excluding hydrogens is 384 g/mol. The highest BCUT2D eigenvalue weighted by Crippen LogP contribution is 2.29. The summed E-state index contributed by atoms with van der Waals surface area (Å²) < 4.78 is 12.2. The molecule has 1 aliphatic rings. The van der Waals surface area contributed by atoms with Crippen LogP contribution in [0.15, 0.2) is 47.1 Å². The van der Waals surface area contributed by atoms with Crippen LogP contribution < -0.4 is 14.8 Å². The molecule has 0 radical (unpaired) electrons. The van der Waals surface area contributed by atoms with E-state index in [0.717, 1.165) is 16.6 Å². The van der Waals surface area contributed by atoms with Gasteiger partial charge in [-0.2, -0.15) is 0 Å². The molecule has 1 fully saturated rings. The van der Waals surface area contributed by atoms with Crippen molar-refractivity contribution >= 4 is 21.8 Å². The second-order valence-electron chi connectivity index (χ2n) is 6.19. The van der Waals surface area contributed by atoms with Crippen LogP contribution in [0.5, 0.6) is 11.6 Å². The van der Waals surface area contributed by atoms with Crippen LogP contribution in [0, 0.1) is 5.92 Å². The Morgan fingerprint density at radius 3 is 2.68 bits per heavy atom. The Labute approximate surface area is 155 Å². The predicted molar refractivity (Wildman–Crippen MR) is 98.5 cm³/mol. The Kier molecular flexibility index (Phi) is 5.91. The van der Waals surface area contributed by atoms with Gasteiger partial charge in [-0.05, 0) is 55.5 Å². The molecule has 0 spiro atoms. The molecule has 0 bridgehead atoms. The van der Waals surface area contributed by atoms with E-state index in [1.165, 1.54) is 12.8 Å². The van der Waals surface area contributed by atoms with Crippen molar-refractivity contribution in [3.63, 3.8) is 0 Å². The number of nitrogens with zero attached hydrogens (tertiary/aromatic N) is 1. The van der Waals surface area contributed by atoms with Crippen LogP contribution in [-0.4, -0.2) is 23.6 Å². The summed E-state index contributed by atoms with van der Waals surface area (Å²) in [6, 6.07) is 11.1. The maximum Gasteiger partial charge on any atom is 0.261 e. The quantitative estimate of drug-likeness (QED) is 0.728. The molecule has 3 rings (SSSR count). The van der Waals surface area contributed by atoms with E-state index in [1.807, 2.05) is 36.4 Å². The van der Waals surface area contributed by atoms with Crippen molar-refractivity contribution in [3.05, 3.63) is 52.6 Å². The minimum atomic E-state index is -0.574. The summed E-state index contributed by atoms with van der Waals surface area (Å²) >= 11 is 3.37. The SMILES string of the molecule is CC(Oc1ccc(Br)cc1)C(=O)NCc1ccc(OCC2CC2)nc1. The molecule has 1 atom stereocenters. The molecule has 1 saturated carbocycles. The number of benzene rings is 1. The van der Waals surface area contributed by atoms with Crippen molar-refractivity contribution in [2.45, 2.75) is 32.4 Å². The highest BCUT2D eigenvalue weighted by Gasteiger charge is 2.22. The molecule has 2 aromatic rings. The summed E-state index contributed by atoms with van der Waals surface area (Å²) in [4.78, 5) is 16.4. The van der Waals surface area contributed by atoms with Gasteiger partial charge in [0.25, 0.3) is 5.91 Å². The lowest BCUT2D eigenvalue weighted by molar-refractivity contribution is -0.127. The lowest BCUT2D eigenvalue weighted by Gasteiger charge is -2.15. The average Bonchev–Trinajstić information content (AvgIpc) is 3.45. The first-order chi connectivity index (χ1) is 12.1. The molecule has 1 aromatic heterocycles. The number of rotatable bonds is 8. The summed E-state index contributed by atoms with van der Waals surface area (Å²) in [5, 5.41) is 2.86. The van der Waals surface area contributed by atoms with Crippen LogP contribution in [0.4, 0.5) is 0 Å². The number of hydrogen-bond donors (Lipinski definition) is 1. The van der Waals surface area contributed by atoms with Gasteiger partial charge >= 0.3 is 0 Å². The lowest BCUT2D eigenvalue weighted by atomic mass is 10.2. The number of halogens is 1. The maximum absolute atomic E-state index is 12.1. The molecule has 25 heavy (non-hydrogen) atoms. The summed E-state index contributed by atoms with van der Waals surface area (Å²) in [5.74, 6) is 1.82. The molecule has 1 unspecified atom stereocenters. The lowest BCUT2D eigenvalue weighted by Crippen LogP contribution is -2.35. The fraction of sp³-hybridized carbons (Fsp3) is 0.368. The van der Waals surface area contributed by atoms with E-state index in [1.54, 1.807) is 13.1 Å². The van der Waals surface area contributed by atoms with Crippen LogP contribution >= 0.6 is 15.9 Å². The van der Waals surface area contributed by atoms with Gasteiger partial charge in [-0.15, -0.1) is 0 Å². The molecule has 0 saturated heterocycles. The maximum atomic E-state index is 12.1. The zero-order chi connectivity index (χ0) is 17.6. The molecule has 6 heteroatoms. The van der Waals surface area contributed by atoms with Gasteiger partial charge in [0, 0.05) is 23.3 Å². The predicted octanol–water partition coefficient (Wildman–Crippen LogP) is 3.72. The molecule has 1 N–H and O–H groups in total. The van der Waals surface area contributed by atoms with Gasteiger partial charge in [-0.3, -0.25) is 4.79 Å². The van der Waals surface area contributed by atoms with Crippen molar-refractivity contribution in [1.82, 2.24) is 10.3 Å². The molecular formula is C19H21BrN2O3. The van der Waals surface area contributed by atoms with Crippen LogP contribution in [0.3, 0.4) is 0 Å². The van der Waals surface area contributed by atoms with Crippen molar-refractivity contribution < 1.29 is 14.3 Å². The molecule has 1 aliphatic carbocycles. The summed E-state index contributed by atoms with van der Waals surface area (Å²) in [6.07, 6.45) is 3.66. The van der Waals surface area contributed by atoms with E-state index < -0.39 is 6.10 Å². The minimum Gasteiger partial charge on any atom is -0.481 e. The third-order valence-corrected chi connectivity index (χ3v) is 4.45. The van der Waals surface area contributed by atoms with E-state index in [9.17, 15) is 4.79 Å². The Morgan fingerprint density at radius 1 is 1.28 bits per heavy atom. The van der Waals surface area contributed by atoms with Crippen molar-refractivity contribution in [1.29, 1.82) is 0 Å². The second kappa shape index (κ2) is 8.34. The van der Waals surface area contributed by atoms with Gasteiger partial charge in [-0.1, -0.05) is 22.0 Å². The van der Waals surface area contributed by atoms with E-state index >= 15 is 0 Å². The van der Waals surface area contributed by atoms with Gasteiger partial charge in [0.15, 0.2) is 6.10 Å². The third-order valence-electron chi connectivity index (χ3n) is 3.92. The highest BCUT2D eigenvalue weighted by molar-refractivity contribution is 9.10. The Bertz CT molecular complexity index is 700. The molecule has 5 nitrogen and oxygen atoms in total. The number of nitrogens with one attached hydrogen (secondary N) is 1. The summed E-state index contributed by atoms with van der Waals surface area (Å²) in [5.41, 5.74) is 0.919. The number of pyridine rings is 1. The van der Waals surface area contributed by atoms with Gasteiger partial charge in [0.1, 0.15) is 5.75 Å². The average molecular weight is 405 g/mol. The van der Waals surface area contributed by atoms with Crippen molar-refractivity contribution in [3.8, 4) is 11.6 Å². The van der Waals surface area contributed by atoms with Crippen LogP contribution in [0.25, 0.3) is 0 Å². The van der Waals surface area contributed by atoms with Gasteiger partial charge in [0.2, 0.25) is 5.88 Å². The van der Waals surface area contributed by atoms with E-state index in [4.69, 9.17) is 9.47 Å². The van der Waals surface area contributed by atoms with E-state index in [2.05, 4.69) is 26.2 Å². The van der Waals surface area contributed by atoms with Crippen LogP contribution in [0.1, 0.15) is 25.3 Å². The first-order valence-electron chi connectivity index (χ1n) is 8.38. The fourth-order valence-electron chi connectivity index (χ4n) is 2.19. The molecule has 1 heterocycles. The second-order valence-corrected chi connectivity index (χ2v) is 7.11. The zero-order valence-corrected chi connectivity index (χ0v) is 15.7. The first-order valence-corrected chi connectivity index (χ1v) is 9.17. The summed E-state index contributed by atoms with van der Waals surface area (Å²) in [6.45, 7) is 2.88. The number of carbonyl (C=O) groups is 1. The first kappa shape index (κ1) is 17.7. The number of carbonyl (C=O) groups excluding carboxylic acids is 1. The van der Waals surface area contributed by atoms with Gasteiger partial charge < -0.3 is 14.8 Å². The number of ether oxygens (including phenoxy) is 2. The van der Waals surface area contributed by atoms with Crippen molar-refractivity contribution in [2.75, 3.05) is 6.61 Å². The Balaban J connectivity index is 1.43. The molecule has 0 aliphatic heterocycles. The normalized spacial score (nSPS) is 14.6. The minimum absolute atomic E-state index is 0.169. The van der Waals surface area contributed by atoms with E-state index in [0.29, 0.717) is 24.1 Å². The van der Waals surface area contributed by atoms with Gasteiger partial charge in [0.05, 0.1) is 6.61 Å². The molecule has 132 valence electrons.